The van der Waals surface area contributed by atoms with Gasteiger partial charge in [0.15, 0.2) is 5.78 Å². The van der Waals surface area contributed by atoms with E-state index in [1.54, 1.807) is 0 Å². The molecule has 0 aromatic heterocycles. The van der Waals surface area contributed by atoms with Crippen molar-refractivity contribution in [2.24, 2.45) is 28.6 Å². The number of alkyl halides is 6. The van der Waals surface area contributed by atoms with Crippen molar-refractivity contribution in [3.8, 4) is 0 Å². The Kier molecular flexibility index (Phi) is 9.70. The summed E-state index contributed by atoms with van der Waals surface area (Å²) in [7, 11) is 0. The van der Waals surface area contributed by atoms with E-state index in [-0.39, 0.29) is 47.7 Å². The minimum Gasteiger partial charge on any atom is -0.335 e. The predicted molar refractivity (Wildman–Crippen MR) is 189 cm³/mol. The van der Waals surface area contributed by atoms with Crippen molar-refractivity contribution in [2.75, 3.05) is 32.7 Å². The molecule has 2 unspecified atom stereocenters. The summed E-state index contributed by atoms with van der Waals surface area (Å²) in [6, 6.07) is 10.1. The second-order valence-electron chi connectivity index (χ2n) is 17.7. The van der Waals surface area contributed by atoms with E-state index < -0.39 is 41.0 Å². The average molecular weight is 758 g/mol. The minimum atomic E-state index is -5.05. The van der Waals surface area contributed by atoms with E-state index in [1.807, 2.05) is 35.2 Å². The third-order valence-electron chi connectivity index (χ3n) is 14.2. The van der Waals surface area contributed by atoms with Crippen LogP contribution in [0.1, 0.15) is 104 Å². The normalized spacial score (nSPS) is 31.3. The van der Waals surface area contributed by atoms with Crippen LogP contribution in [0.2, 0.25) is 0 Å². The SMILES string of the molecule is O=C1CC2(CCN1CC(=O)C13CC4CC(CC(C4)C1)C3)CCN(C1CCN(C(=O)c3cc(C(F)(F)F)cc(C(F)(F)F)c3)C(Cc3ccccc3)C1)CC2. The van der Waals surface area contributed by atoms with Crippen molar-refractivity contribution >= 4 is 17.6 Å². The molecule has 1 spiro atoms. The zero-order valence-corrected chi connectivity index (χ0v) is 30.6. The van der Waals surface area contributed by atoms with Gasteiger partial charge >= 0.3 is 12.4 Å². The first kappa shape index (κ1) is 37.5. The number of hydrogen-bond acceptors (Lipinski definition) is 4. The highest BCUT2D eigenvalue weighted by atomic mass is 19.4. The maximum Gasteiger partial charge on any atom is 0.416 e. The van der Waals surface area contributed by atoms with E-state index in [9.17, 15) is 40.7 Å². The number of halogens is 6. The van der Waals surface area contributed by atoms with Crippen molar-refractivity contribution in [2.45, 2.75) is 108 Å². The highest BCUT2D eigenvalue weighted by Crippen LogP contribution is 2.60. The summed E-state index contributed by atoms with van der Waals surface area (Å²) in [5.74, 6) is 1.54. The van der Waals surface area contributed by atoms with E-state index in [0.717, 1.165) is 57.2 Å². The zero-order chi connectivity index (χ0) is 38.0. The van der Waals surface area contributed by atoms with Gasteiger partial charge in [0.05, 0.1) is 17.7 Å². The lowest BCUT2D eigenvalue weighted by molar-refractivity contribution is -0.152. The molecular weight excluding hydrogens is 708 g/mol. The first-order valence-corrected chi connectivity index (χ1v) is 19.8. The Hall–Kier alpha value is -3.41. The van der Waals surface area contributed by atoms with Crippen LogP contribution in [0.5, 0.6) is 0 Å². The number of carbonyl (C=O) groups excluding carboxylic acids is 3. The van der Waals surface area contributed by atoms with Crippen LogP contribution in [0.3, 0.4) is 0 Å². The molecule has 4 aliphatic carbocycles. The molecule has 2 atom stereocenters. The van der Waals surface area contributed by atoms with Crippen LogP contribution in [0.4, 0.5) is 26.3 Å². The number of piperidine rings is 3. The molecule has 2 aromatic rings. The van der Waals surface area contributed by atoms with E-state index in [2.05, 4.69) is 4.90 Å². The number of benzene rings is 2. The van der Waals surface area contributed by atoms with E-state index in [1.165, 1.54) is 24.2 Å². The van der Waals surface area contributed by atoms with Gasteiger partial charge in [0.1, 0.15) is 0 Å². The summed E-state index contributed by atoms with van der Waals surface area (Å²) in [5.41, 5.74) is -3.04. The lowest BCUT2D eigenvalue weighted by atomic mass is 9.48. The Morgan fingerprint density at radius 2 is 1.31 bits per heavy atom. The standard InChI is InChI=1S/C42H49F6N3O3/c43-41(44,45)32-18-31(19-33(20-32)42(46,47)48)38(54)51-10-6-34(21-35(51)17-27-4-2-1-3-5-27)49-11-7-39(8-12-49)9-13-50(37(53)25-39)26-36(52)40-22-28-14-29(23-40)16-30(15-28)24-40/h1-5,18-20,28-30,34-35H,6-17,21-26H2. The predicted octanol–water partition coefficient (Wildman–Crippen LogP) is 8.43. The minimum absolute atomic E-state index is 0.0495. The zero-order valence-electron chi connectivity index (χ0n) is 30.6. The van der Waals surface area contributed by atoms with Crippen LogP contribution in [-0.4, -0.2) is 77.1 Å². The molecule has 12 heteroatoms. The summed E-state index contributed by atoms with van der Waals surface area (Å²) in [5, 5.41) is 0. The molecular formula is C42H49F6N3O3. The summed E-state index contributed by atoms with van der Waals surface area (Å²) >= 11 is 0. The maximum atomic E-state index is 13.8. The summed E-state index contributed by atoms with van der Waals surface area (Å²) < 4.78 is 82.1. The molecule has 7 fully saturated rings. The molecule has 3 aliphatic heterocycles. The first-order chi connectivity index (χ1) is 25.6. The molecule has 54 heavy (non-hydrogen) atoms. The van der Waals surface area contributed by atoms with Gasteiger partial charge in [-0.3, -0.25) is 14.4 Å². The van der Waals surface area contributed by atoms with Gasteiger partial charge in [0, 0.05) is 42.6 Å². The molecule has 292 valence electrons. The summed E-state index contributed by atoms with van der Waals surface area (Å²) in [4.78, 5) is 46.9. The first-order valence-electron chi connectivity index (χ1n) is 19.8. The Morgan fingerprint density at radius 3 is 1.87 bits per heavy atom. The van der Waals surface area contributed by atoms with E-state index in [0.29, 0.717) is 62.1 Å². The monoisotopic (exact) mass is 757 g/mol. The van der Waals surface area contributed by atoms with Crippen LogP contribution >= 0.6 is 0 Å². The average Bonchev–Trinajstić information content (AvgIpc) is 3.12. The molecule has 9 rings (SSSR count). The van der Waals surface area contributed by atoms with Crippen LogP contribution < -0.4 is 0 Å². The van der Waals surface area contributed by atoms with E-state index in [4.69, 9.17) is 0 Å². The number of hydrogen-bond donors (Lipinski definition) is 0. The molecule has 3 saturated heterocycles. The molecule has 6 nitrogen and oxygen atoms in total. The largest absolute Gasteiger partial charge is 0.416 e. The molecule has 4 bridgehead atoms. The van der Waals surface area contributed by atoms with Gasteiger partial charge in [-0.05, 0) is 137 Å². The molecule has 4 saturated carbocycles. The van der Waals surface area contributed by atoms with Crippen molar-refractivity contribution < 1.29 is 40.7 Å². The quantitative estimate of drug-likeness (QED) is 0.266. The second kappa shape index (κ2) is 14.0. The molecule has 7 aliphatic rings. The van der Waals surface area contributed by atoms with Gasteiger partial charge in [-0.1, -0.05) is 30.3 Å². The fourth-order valence-corrected chi connectivity index (χ4v) is 11.7. The third kappa shape index (κ3) is 7.44. The summed E-state index contributed by atoms with van der Waals surface area (Å²) in [6.07, 6.45) is 1.17. The molecule has 0 N–H and O–H groups in total. The Labute approximate surface area is 312 Å². The Balaban J connectivity index is 0.915. The summed E-state index contributed by atoms with van der Waals surface area (Å²) in [6.45, 7) is 2.57. The highest BCUT2D eigenvalue weighted by Gasteiger charge is 2.55. The molecule has 2 aromatic carbocycles. The number of ketones is 1. The second-order valence-corrected chi connectivity index (χ2v) is 17.7. The number of Topliss-reactive ketones (excluding diaryl/α,β-unsaturated/α-hetero) is 1. The molecule has 3 heterocycles. The fourth-order valence-electron chi connectivity index (χ4n) is 11.7. The lowest BCUT2D eigenvalue weighted by Crippen LogP contribution is -2.57. The number of amides is 2. The van der Waals surface area contributed by atoms with Crippen molar-refractivity contribution in [1.82, 2.24) is 14.7 Å². The number of carbonyl (C=O) groups is 3. The van der Waals surface area contributed by atoms with Crippen molar-refractivity contribution in [1.29, 1.82) is 0 Å². The highest BCUT2D eigenvalue weighted by molar-refractivity contribution is 5.95. The topological polar surface area (TPSA) is 60.9 Å². The van der Waals surface area contributed by atoms with Crippen LogP contribution in [0.25, 0.3) is 0 Å². The van der Waals surface area contributed by atoms with E-state index >= 15 is 0 Å². The number of nitrogens with zero attached hydrogens (tertiary/aromatic N) is 3. The lowest BCUT2D eigenvalue weighted by Gasteiger charge is -2.56. The van der Waals surface area contributed by atoms with Gasteiger partial charge in [-0.25, -0.2) is 0 Å². The smallest absolute Gasteiger partial charge is 0.335 e. The van der Waals surface area contributed by atoms with Crippen LogP contribution in [0, 0.1) is 28.6 Å². The van der Waals surface area contributed by atoms with Crippen LogP contribution in [-0.2, 0) is 28.4 Å². The molecule has 2 amide bonds. The number of likely N-dealkylation sites (tertiary alicyclic amines) is 3. The maximum absolute atomic E-state index is 13.8. The number of rotatable bonds is 7. The fraction of sp³-hybridized carbons (Fsp3) is 0.643. The van der Waals surface area contributed by atoms with Crippen molar-refractivity contribution in [3.05, 3.63) is 70.8 Å². The third-order valence-corrected chi connectivity index (χ3v) is 14.2. The van der Waals surface area contributed by atoms with Crippen LogP contribution in [0.15, 0.2) is 48.5 Å². The van der Waals surface area contributed by atoms with Gasteiger partial charge in [0.2, 0.25) is 5.91 Å². The van der Waals surface area contributed by atoms with Crippen molar-refractivity contribution in [3.63, 3.8) is 0 Å². The Bertz CT molecular complexity index is 1680. The Morgan fingerprint density at radius 1 is 0.741 bits per heavy atom. The van der Waals surface area contributed by atoms with Gasteiger partial charge in [-0.2, -0.15) is 26.3 Å². The van der Waals surface area contributed by atoms with Gasteiger partial charge < -0.3 is 14.7 Å². The van der Waals surface area contributed by atoms with Gasteiger partial charge in [0.25, 0.3) is 5.91 Å². The molecule has 0 radical (unpaired) electrons. The van der Waals surface area contributed by atoms with Gasteiger partial charge in [-0.15, -0.1) is 0 Å².